The zero-order valence-corrected chi connectivity index (χ0v) is 14.7. The fourth-order valence-electron chi connectivity index (χ4n) is 3.58. The second-order valence-corrected chi connectivity index (χ2v) is 6.95. The first-order valence-electron chi connectivity index (χ1n) is 9.24. The van der Waals surface area contributed by atoms with Crippen LogP contribution in [0.15, 0.2) is 48.8 Å². The van der Waals surface area contributed by atoms with Crippen LogP contribution in [0, 0.1) is 5.92 Å². The minimum absolute atomic E-state index is 0.206. The number of H-pyrrole nitrogens is 1. The fraction of sp³-hybridized carbons (Fsp3) is 0.350. The number of hydrogen-bond acceptors (Lipinski definition) is 3. The molecule has 4 rings (SSSR count). The summed E-state index contributed by atoms with van der Waals surface area (Å²) in [5, 5.41) is 14.4. The molecule has 0 bridgehead atoms. The standard InChI is InChI=1S/C20H23N5O/c26-20(16-13-21-25(14-16)18-9-5-2-6-10-18)22-19-12-17(23-24-19)11-15-7-3-1-4-8-15/h2,5-6,9-10,12-15H,1,3-4,7-8,11H2,(H2,22,23,24,26). The Morgan fingerprint density at radius 2 is 2.00 bits per heavy atom. The number of benzene rings is 1. The maximum absolute atomic E-state index is 12.4. The molecule has 134 valence electrons. The van der Waals surface area contributed by atoms with Gasteiger partial charge in [-0.2, -0.15) is 10.2 Å². The van der Waals surface area contributed by atoms with Crippen molar-refractivity contribution in [2.45, 2.75) is 38.5 Å². The first-order chi connectivity index (χ1) is 12.8. The molecule has 1 saturated carbocycles. The van der Waals surface area contributed by atoms with Crippen molar-refractivity contribution in [2.24, 2.45) is 5.92 Å². The summed E-state index contributed by atoms with van der Waals surface area (Å²) in [6, 6.07) is 11.7. The van der Waals surface area contributed by atoms with Crippen LogP contribution in [0.1, 0.15) is 48.2 Å². The molecule has 6 heteroatoms. The van der Waals surface area contributed by atoms with Crippen LogP contribution < -0.4 is 5.32 Å². The minimum atomic E-state index is -0.206. The third-order valence-electron chi connectivity index (χ3n) is 4.97. The lowest BCUT2D eigenvalue weighted by molar-refractivity contribution is 0.102. The topological polar surface area (TPSA) is 75.6 Å². The van der Waals surface area contributed by atoms with Crippen molar-refractivity contribution in [1.29, 1.82) is 0 Å². The summed E-state index contributed by atoms with van der Waals surface area (Å²) in [7, 11) is 0. The van der Waals surface area contributed by atoms with Crippen molar-refractivity contribution in [3.8, 4) is 5.69 Å². The van der Waals surface area contributed by atoms with E-state index in [1.807, 2.05) is 36.4 Å². The molecule has 2 aromatic heterocycles. The number of amides is 1. The molecular weight excluding hydrogens is 326 g/mol. The third kappa shape index (κ3) is 3.85. The summed E-state index contributed by atoms with van der Waals surface area (Å²) in [6.45, 7) is 0. The lowest BCUT2D eigenvalue weighted by Crippen LogP contribution is -2.11. The van der Waals surface area contributed by atoms with Crippen LogP contribution in [0.25, 0.3) is 5.69 Å². The maximum atomic E-state index is 12.4. The average Bonchev–Trinajstić information content (AvgIpc) is 3.33. The fourth-order valence-corrected chi connectivity index (χ4v) is 3.58. The minimum Gasteiger partial charge on any atom is -0.305 e. The number of aromatic nitrogens is 4. The summed E-state index contributed by atoms with van der Waals surface area (Å²) in [5.74, 6) is 1.09. The van der Waals surface area contributed by atoms with E-state index in [-0.39, 0.29) is 5.91 Å². The lowest BCUT2D eigenvalue weighted by Gasteiger charge is -2.20. The maximum Gasteiger partial charge on any atom is 0.260 e. The number of hydrogen-bond donors (Lipinski definition) is 2. The van der Waals surface area contributed by atoms with Crippen molar-refractivity contribution >= 4 is 11.7 Å². The number of aromatic amines is 1. The van der Waals surface area contributed by atoms with Crippen molar-refractivity contribution in [3.05, 3.63) is 60.0 Å². The number of anilines is 1. The van der Waals surface area contributed by atoms with Gasteiger partial charge in [-0.25, -0.2) is 4.68 Å². The smallest absolute Gasteiger partial charge is 0.260 e. The summed E-state index contributed by atoms with van der Waals surface area (Å²) in [5.41, 5.74) is 2.51. The number of nitrogens with zero attached hydrogens (tertiary/aromatic N) is 3. The van der Waals surface area contributed by atoms with Crippen LogP contribution in [-0.2, 0) is 6.42 Å². The van der Waals surface area contributed by atoms with Crippen LogP contribution >= 0.6 is 0 Å². The Morgan fingerprint density at radius 1 is 1.19 bits per heavy atom. The highest BCUT2D eigenvalue weighted by atomic mass is 16.1. The molecule has 2 N–H and O–H groups in total. The largest absolute Gasteiger partial charge is 0.305 e. The highest BCUT2D eigenvalue weighted by Gasteiger charge is 2.16. The van der Waals surface area contributed by atoms with Gasteiger partial charge in [0, 0.05) is 18.0 Å². The van der Waals surface area contributed by atoms with Gasteiger partial charge in [-0.05, 0) is 24.5 Å². The number of carbonyl (C=O) groups is 1. The second kappa shape index (κ2) is 7.56. The normalized spacial score (nSPS) is 15.1. The molecule has 0 atom stereocenters. The molecule has 1 fully saturated rings. The summed E-state index contributed by atoms with van der Waals surface area (Å²) >= 11 is 0. The summed E-state index contributed by atoms with van der Waals surface area (Å²) in [6.07, 6.45) is 10.9. The molecule has 6 nitrogen and oxygen atoms in total. The van der Waals surface area contributed by atoms with Gasteiger partial charge >= 0.3 is 0 Å². The van der Waals surface area contributed by atoms with Gasteiger partial charge in [-0.1, -0.05) is 50.3 Å². The first-order valence-corrected chi connectivity index (χ1v) is 9.24. The molecule has 3 aromatic rings. The molecule has 1 aliphatic rings. The van der Waals surface area contributed by atoms with Crippen LogP contribution in [0.3, 0.4) is 0 Å². The van der Waals surface area contributed by atoms with E-state index in [2.05, 4.69) is 20.6 Å². The molecule has 1 amide bonds. The van der Waals surface area contributed by atoms with Crippen LogP contribution in [0.5, 0.6) is 0 Å². The Morgan fingerprint density at radius 3 is 2.81 bits per heavy atom. The predicted octanol–water partition coefficient (Wildman–Crippen LogP) is 3.97. The van der Waals surface area contributed by atoms with Gasteiger partial charge in [-0.15, -0.1) is 0 Å². The van der Waals surface area contributed by atoms with E-state index >= 15 is 0 Å². The Labute approximate surface area is 152 Å². The van der Waals surface area contributed by atoms with E-state index in [9.17, 15) is 4.79 Å². The molecule has 0 unspecified atom stereocenters. The molecule has 0 spiro atoms. The zero-order valence-electron chi connectivity index (χ0n) is 14.7. The van der Waals surface area contributed by atoms with Crippen molar-refractivity contribution in [3.63, 3.8) is 0 Å². The van der Waals surface area contributed by atoms with Gasteiger partial charge in [-0.3, -0.25) is 9.89 Å². The molecule has 0 radical (unpaired) electrons. The quantitative estimate of drug-likeness (QED) is 0.732. The predicted molar refractivity (Wildman–Crippen MR) is 100 cm³/mol. The van der Waals surface area contributed by atoms with Crippen molar-refractivity contribution in [2.75, 3.05) is 5.32 Å². The van der Waals surface area contributed by atoms with Gasteiger partial charge < -0.3 is 5.32 Å². The SMILES string of the molecule is O=C(Nc1cc(CC2CCCCC2)[nH]n1)c1cnn(-c2ccccc2)c1. The van der Waals surface area contributed by atoms with Gasteiger partial charge in [0.15, 0.2) is 5.82 Å². The zero-order chi connectivity index (χ0) is 17.8. The van der Waals surface area contributed by atoms with Crippen molar-refractivity contribution in [1.82, 2.24) is 20.0 Å². The Balaban J connectivity index is 1.38. The van der Waals surface area contributed by atoms with E-state index in [1.165, 1.54) is 32.1 Å². The van der Waals surface area contributed by atoms with E-state index in [0.717, 1.165) is 23.7 Å². The molecular formula is C20H23N5O. The number of rotatable bonds is 5. The van der Waals surface area contributed by atoms with E-state index in [0.29, 0.717) is 11.4 Å². The lowest BCUT2D eigenvalue weighted by atomic mass is 9.86. The number of carbonyl (C=O) groups excluding carboxylic acids is 1. The molecule has 2 heterocycles. The third-order valence-corrected chi connectivity index (χ3v) is 4.97. The molecule has 1 aromatic carbocycles. The van der Waals surface area contributed by atoms with E-state index in [4.69, 9.17) is 0 Å². The Kier molecular flexibility index (Phi) is 4.82. The summed E-state index contributed by atoms with van der Waals surface area (Å²) < 4.78 is 1.69. The Bertz CT molecular complexity index is 861. The van der Waals surface area contributed by atoms with Gasteiger partial charge in [0.1, 0.15) is 0 Å². The molecule has 26 heavy (non-hydrogen) atoms. The van der Waals surface area contributed by atoms with Gasteiger partial charge in [0.25, 0.3) is 5.91 Å². The van der Waals surface area contributed by atoms with Crippen LogP contribution in [-0.4, -0.2) is 25.9 Å². The molecule has 0 saturated heterocycles. The number of nitrogens with one attached hydrogen (secondary N) is 2. The van der Waals surface area contributed by atoms with Gasteiger partial charge in [0.2, 0.25) is 0 Å². The van der Waals surface area contributed by atoms with E-state index in [1.54, 1.807) is 17.1 Å². The van der Waals surface area contributed by atoms with Crippen molar-refractivity contribution < 1.29 is 4.79 Å². The first kappa shape index (κ1) is 16.6. The second-order valence-electron chi connectivity index (χ2n) is 6.95. The van der Waals surface area contributed by atoms with Gasteiger partial charge in [0.05, 0.1) is 17.4 Å². The average molecular weight is 349 g/mol. The molecule has 1 aliphatic carbocycles. The number of para-hydroxylation sites is 1. The highest BCUT2D eigenvalue weighted by molar-refractivity contribution is 6.03. The summed E-state index contributed by atoms with van der Waals surface area (Å²) in [4.78, 5) is 12.4. The van der Waals surface area contributed by atoms with E-state index < -0.39 is 0 Å². The van der Waals surface area contributed by atoms with Crippen LogP contribution in [0.4, 0.5) is 5.82 Å². The Hall–Kier alpha value is -2.89. The highest BCUT2D eigenvalue weighted by Crippen LogP contribution is 2.26. The van der Waals surface area contributed by atoms with Crippen LogP contribution in [0.2, 0.25) is 0 Å². The monoisotopic (exact) mass is 349 g/mol. The molecule has 0 aliphatic heterocycles.